The van der Waals surface area contributed by atoms with Crippen LogP contribution in [0.1, 0.15) is 5.82 Å². The normalized spacial score (nSPS) is 12.1. The molecule has 1 aromatic heterocycles. The molecule has 0 radical (unpaired) electrons. The number of hydrogen-bond donors (Lipinski definition) is 0. The highest BCUT2D eigenvalue weighted by Gasteiger charge is 2.36. The molecule has 1 heterocycles. The Morgan fingerprint density at radius 2 is 1.83 bits per heavy atom. The van der Waals surface area contributed by atoms with Gasteiger partial charge < -0.3 is 0 Å². The van der Waals surface area contributed by atoms with Crippen LogP contribution in [0.5, 0.6) is 0 Å². The number of nitrogens with zero attached hydrogens (tertiary/aromatic N) is 3. The van der Waals surface area contributed by atoms with E-state index in [-0.39, 0.29) is 4.77 Å². The van der Waals surface area contributed by atoms with Gasteiger partial charge in [0.05, 0.1) is 0 Å². The molecular formula is C5H6F3N3S. The van der Waals surface area contributed by atoms with Crippen molar-refractivity contribution in [2.75, 3.05) is 0 Å². The molecule has 0 unspecified atom stereocenters. The molecule has 12 heavy (non-hydrogen) atoms. The van der Waals surface area contributed by atoms with E-state index in [4.69, 9.17) is 0 Å². The zero-order valence-corrected chi connectivity index (χ0v) is 7.20. The molecule has 1 aromatic rings. The Morgan fingerprint density at radius 1 is 1.33 bits per heavy atom. The fourth-order valence-electron chi connectivity index (χ4n) is 0.806. The fraction of sp³-hybridized carbons (Fsp3) is 0.600. The molecule has 3 nitrogen and oxygen atoms in total. The van der Waals surface area contributed by atoms with E-state index in [1.807, 2.05) is 0 Å². The van der Waals surface area contributed by atoms with Gasteiger partial charge in [-0.1, -0.05) is 0 Å². The number of aryl methyl sites for hydroxylation is 1. The van der Waals surface area contributed by atoms with E-state index in [0.29, 0.717) is 0 Å². The first-order valence-electron chi connectivity index (χ1n) is 3.01. The van der Waals surface area contributed by atoms with Crippen molar-refractivity contribution in [3.05, 3.63) is 10.6 Å². The Hall–Kier alpha value is -0.850. The van der Waals surface area contributed by atoms with E-state index in [1.165, 1.54) is 14.1 Å². The molecule has 0 bridgehead atoms. The highest BCUT2D eigenvalue weighted by molar-refractivity contribution is 7.71. The third-order valence-electron chi connectivity index (χ3n) is 1.38. The van der Waals surface area contributed by atoms with Gasteiger partial charge in [0.25, 0.3) is 0 Å². The van der Waals surface area contributed by atoms with Crippen LogP contribution in [0.3, 0.4) is 0 Å². The summed E-state index contributed by atoms with van der Waals surface area (Å²) in [6.45, 7) is 0. The summed E-state index contributed by atoms with van der Waals surface area (Å²) in [6.07, 6.45) is -4.44. The average Bonchev–Trinajstić information content (AvgIpc) is 2.15. The molecule has 0 aliphatic carbocycles. The van der Waals surface area contributed by atoms with Gasteiger partial charge in [-0.3, -0.25) is 4.57 Å². The molecular weight excluding hydrogens is 191 g/mol. The van der Waals surface area contributed by atoms with Gasteiger partial charge in [0.1, 0.15) is 0 Å². The second-order valence-electron chi connectivity index (χ2n) is 2.29. The van der Waals surface area contributed by atoms with Crippen LogP contribution in [0.2, 0.25) is 0 Å². The Kier molecular flexibility index (Phi) is 1.99. The molecule has 1 rings (SSSR count). The topological polar surface area (TPSA) is 22.8 Å². The van der Waals surface area contributed by atoms with Crippen molar-refractivity contribution in [1.82, 2.24) is 14.3 Å². The van der Waals surface area contributed by atoms with Crippen molar-refractivity contribution in [3.8, 4) is 0 Å². The van der Waals surface area contributed by atoms with Crippen LogP contribution in [0.15, 0.2) is 0 Å². The van der Waals surface area contributed by atoms with E-state index in [1.54, 1.807) is 0 Å². The van der Waals surface area contributed by atoms with E-state index in [2.05, 4.69) is 17.3 Å². The molecule has 0 N–H and O–H groups in total. The second-order valence-corrected chi connectivity index (χ2v) is 2.65. The molecule has 0 fully saturated rings. The van der Waals surface area contributed by atoms with Crippen LogP contribution in [0.4, 0.5) is 13.2 Å². The summed E-state index contributed by atoms with van der Waals surface area (Å²) in [7, 11) is 2.61. The molecule has 0 aliphatic heterocycles. The quantitative estimate of drug-likeness (QED) is 0.588. The van der Waals surface area contributed by atoms with Crippen LogP contribution < -0.4 is 0 Å². The second kappa shape index (κ2) is 2.58. The predicted molar refractivity (Wildman–Crippen MR) is 38.0 cm³/mol. The van der Waals surface area contributed by atoms with Crippen molar-refractivity contribution >= 4 is 12.2 Å². The molecule has 0 aromatic carbocycles. The van der Waals surface area contributed by atoms with Gasteiger partial charge in [-0.05, 0) is 12.2 Å². The maximum Gasteiger partial charge on any atom is 0.451 e. The predicted octanol–water partition coefficient (Wildman–Crippen LogP) is 1.51. The summed E-state index contributed by atoms with van der Waals surface area (Å²) in [4.78, 5) is 0. The Morgan fingerprint density at radius 3 is 2.00 bits per heavy atom. The van der Waals surface area contributed by atoms with Gasteiger partial charge in [-0.2, -0.15) is 13.2 Å². The smallest absolute Gasteiger partial charge is 0.299 e. The van der Waals surface area contributed by atoms with Gasteiger partial charge >= 0.3 is 6.18 Å². The molecule has 7 heteroatoms. The van der Waals surface area contributed by atoms with Crippen LogP contribution >= 0.6 is 12.2 Å². The van der Waals surface area contributed by atoms with Gasteiger partial charge in [0, 0.05) is 14.1 Å². The first-order valence-corrected chi connectivity index (χ1v) is 3.42. The lowest BCUT2D eigenvalue weighted by atomic mass is 10.6. The molecule has 0 spiro atoms. The summed E-state index contributed by atoms with van der Waals surface area (Å²) in [5, 5.41) is 3.23. The highest BCUT2D eigenvalue weighted by Crippen LogP contribution is 2.26. The SMILES string of the molecule is Cn1nc(C(F)(F)F)n(C)c1=S. The average molecular weight is 197 g/mol. The van der Waals surface area contributed by atoms with Gasteiger partial charge in [0.2, 0.25) is 5.82 Å². The van der Waals surface area contributed by atoms with Crippen molar-refractivity contribution in [3.63, 3.8) is 0 Å². The van der Waals surface area contributed by atoms with Crippen LogP contribution in [0, 0.1) is 4.77 Å². The van der Waals surface area contributed by atoms with Gasteiger partial charge in [-0.15, -0.1) is 5.10 Å². The Balaban J connectivity index is 3.38. The zero-order valence-electron chi connectivity index (χ0n) is 6.38. The third-order valence-corrected chi connectivity index (χ3v) is 1.92. The minimum Gasteiger partial charge on any atom is -0.299 e. The number of aromatic nitrogens is 3. The fourth-order valence-corrected chi connectivity index (χ4v) is 0.934. The molecule has 0 saturated heterocycles. The van der Waals surface area contributed by atoms with Gasteiger partial charge in [0.15, 0.2) is 4.77 Å². The van der Waals surface area contributed by atoms with Crippen molar-refractivity contribution in [1.29, 1.82) is 0 Å². The number of rotatable bonds is 0. The largest absolute Gasteiger partial charge is 0.451 e. The summed E-state index contributed by atoms with van der Waals surface area (Å²) < 4.78 is 38.2. The number of alkyl halides is 3. The number of halogens is 3. The Bertz CT molecular complexity index is 348. The minimum atomic E-state index is -4.44. The minimum absolute atomic E-state index is 0.0438. The molecule has 0 atom stereocenters. The van der Waals surface area contributed by atoms with Crippen molar-refractivity contribution in [2.24, 2.45) is 14.1 Å². The monoisotopic (exact) mass is 197 g/mol. The lowest BCUT2D eigenvalue weighted by Crippen LogP contribution is -2.12. The standard InChI is InChI=1S/C5H6F3N3S/c1-10-3(5(6,7)8)9-11(2)4(10)12/h1-2H3. The van der Waals surface area contributed by atoms with Crippen LogP contribution in [-0.4, -0.2) is 14.3 Å². The Labute approximate surface area is 71.4 Å². The first-order chi connectivity index (χ1) is 5.34. The van der Waals surface area contributed by atoms with E-state index in [9.17, 15) is 13.2 Å². The first kappa shape index (κ1) is 9.24. The number of hydrogen-bond acceptors (Lipinski definition) is 2. The lowest BCUT2D eigenvalue weighted by Gasteiger charge is -2.02. The summed E-state index contributed by atoms with van der Waals surface area (Å²) >= 11 is 4.65. The van der Waals surface area contributed by atoms with Gasteiger partial charge in [-0.25, -0.2) is 4.68 Å². The maximum atomic E-state index is 12.1. The highest BCUT2D eigenvalue weighted by atomic mass is 32.1. The molecule has 0 saturated carbocycles. The molecule has 68 valence electrons. The van der Waals surface area contributed by atoms with E-state index in [0.717, 1.165) is 9.25 Å². The maximum absolute atomic E-state index is 12.1. The third kappa shape index (κ3) is 1.36. The van der Waals surface area contributed by atoms with Crippen LogP contribution in [0.25, 0.3) is 0 Å². The van der Waals surface area contributed by atoms with Crippen LogP contribution in [-0.2, 0) is 20.3 Å². The summed E-state index contributed by atoms with van der Waals surface area (Å²) in [5.41, 5.74) is 0. The van der Waals surface area contributed by atoms with Crippen molar-refractivity contribution < 1.29 is 13.2 Å². The van der Waals surface area contributed by atoms with Crippen molar-refractivity contribution in [2.45, 2.75) is 6.18 Å². The summed E-state index contributed by atoms with van der Waals surface area (Å²) in [6, 6.07) is 0. The summed E-state index contributed by atoms with van der Waals surface area (Å²) in [5.74, 6) is -0.977. The zero-order chi connectivity index (χ0) is 9.52. The van der Waals surface area contributed by atoms with E-state index < -0.39 is 12.0 Å². The molecule has 0 amide bonds. The molecule has 0 aliphatic rings. The lowest BCUT2D eigenvalue weighted by molar-refractivity contribution is -0.147. The van der Waals surface area contributed by atoms with E-state index >= 15 is 0 Å².